The van der Waals surface area contributed by atoms with E-state index in [-0.39, 0.29) is 4.28 Å². The lowest BCUT2D eigenvalue weighted by atomic mass is 10.2. The van der Waals surface area contributed by atoms with E-state index >= 15 is 0 Å². The Morgan fingerprint density at radius 1 is 1.27 bits per heavy atom. The van der Waals surface area contributed by atoms with Gasteiger partial charge in [0.05, 0.1) is 0 Å². The lowest BCUT2D eigenvalue weighted by molar-refractivity contribution is -0.138. The number of hydrogen-bond acceptors (Lipinski definition) is 5. The molecule has 3 aromatic heterocycles. The maximum absolute atomic E-state index is 12.2. The molecule has 3 rings (SSSR count). The monoisotopic (exact) mass is 370 g/mol. The van der Waals surface area contributed by atoms with E-state index in [2.05, 4.69) is 25.3 Å². The first-order valence-corrected chi connectivity index (χ1v) is 7.70. The first kappa shape index (κ1) is 17.6. The van der Waals surface area contributed by atoms with E-state index in [1.54, 1.807) is 18.5 Å². The minimum absolute atomic E-state index is 0. The van der Waals surface area contributed by atoms with Crippen LogP contribution in [0.5, 0.6) is 0 Å². The fraction of sp³-hybridized carbons (Fsp3) is 0.250. The largest absolute Gasteiger partial charge is 0.405 e. The molecule has 1 amide bonds. The number of H-pyrrole nitrogens is 1. The number of rotatable bonds is 5. The van der Waals surface area contributed by atoms with Crippen molar-refractivity contribution in [3.05, 3.63) is 36.8 Å². The van der Waals surface area contributed by atoms with E-state index in [0.717, 1.165) is 10.9 Å². The summed E-state index contributed by atoms with van der Waals surface area (Å²) in [5.41, 5.74) is 1.43. The number of carbonyl (C=O) groups is 1. The molecular weight excluding hydrogens is 349 g/mol. The molecule has 0 aliphatic heterocycles. The normalized spacial score (nSPS) is 12.8. The highest BCUT2D eigenvalue weighted by atomic mass is 19.4. The number of fused-ring (bicyclic) bond motifs is 1. The summed E-state index contributed by atoms with van der Waals surface area (Å²) in [5.74, 6) is -0.0468. The summed E-state index contributed by atoms with van der Waals surface area (Å²) in [6, 6.07) is 4.24. The summed E-state index contributed by atoms with van der Waals surface area (Å²) >= 11 is 0. The molecule has 0 unspecified atom stereocenters. The number of alkyl halides is 3. The number of carbonyl (C=O) groups excluding carboxylic acids is 1. The highest BCUT2D eigenvalue weighted by Crippen LogP contribution is 2.24. The number of nitrogens with zero attached hydrogens (tertiary/aromatic N) is 3. The summed E-state index contributed by atoms with van der Waals surface area (Å²) in [5, 5.41) is 5.44. The van der Waals surface area contributed by atoms with Gasteiger partial charge in [0.2, 0.25) is 5.91 Å². The Labute approximate surface area is 150 Å². The van der Waals surface area contributed by atoms with Crippen LogP contribution < -0.4 is 10.6 Å². The van der Waals surface area contributed by atoms with Crippen LogP contribution in [-0.2, 0) is 4.79 Å². The van der Waals surface area contributed by atoms with Gasteiger partial charge in [0, 0.05) is 33.8 Å². The van der Waals surface area contributed by atoms with Gasteiger partial charge >= 0.3 is 6.18 Å². The summed E-state index contributed by atoms with van der Waals surface area (Å²) in [4.78, 5) is 27.5. The number of halogens is 3. The Balaban J connectivity index is 0.00000261. The molecule has 0 aliphatic carbocycles. The number of pyridine rings is 1. The van der Waals surface area contributed by atoms with Crippen molar-refractivity contribution in [2.24, 2.45) is 0 Å². The fourth-order valence-corrected chi connectivity index (χ4v) is 2.35. The van der Waals surface area contributed by atoms with Crippen LogP contribution in [0.15, 0.2) is 36.8 Å². The van der Waals surface area contributed by atoms with E-state index in [9.17, 15) is 18.0 Å². The van der Waals surface area contributed by atoms with Gasteiger partial charge < -0.3 is 15.6 Å². The molecule has 142 valence electrons. The number of amides is 1. The van der Waals surface area contributed by atoms with Crippen LogP contribution >= 0.6 is 0 Å². The zero-order chi connectivity index (χ0) is 18.7. The molecule has 7 nitrogen and oxygen atoms in total. The average molecular weight is 370 g/mol. The third-order valence-corrected chi connectivity index (χ3v) is 3.58. The van der Waals surface area contributed by atoms with Crippen LogP contribution in [0.3, 0.4) is 0 Å². The van der Waals surface area contributed by atoms with Crippen molar-refractivity contribution in [1.82, 2.24) is 25.3 Å². The Kier molecular flexibility index (Phi) is 4.74. The number of aromatic amines is 1. The third-order valence-electron chi connectivity index (χ3n) is 3.58. The minimum Gasteiger partial charge on any atom is -0.359 e. The van der Waals surface area contributed by atoms with Gasteiger partial charge in [0.1, 0.15) is 24.1 Å². The van der Waals surface area contributed by atoms with Crippen molar-refractivity contribution >= 4 is 22.8 Å². The van der Waals surface area contributed by atoms with Gasteiger partial charge in [-0.1, -0.05) is 0 Å². The van der Waals surface area contributed by atoms with E-state index in [0.29, 0.717) is 17.3 Å². The zero-order valence-corrected chi connectivity index (χ0v) is 13.6. The maximum Gasteiger partial charge on any atom is 0.405 e. The van der Waals surface area contributed by atoms with Gasteiger partial charge in [0.15, 0.2) is 5.82 Å². The van der Waals surface area contributed by atoms with E-state index in [1.807, 2.05) is 11.4 Å². The van der Waals surface area contributed by atoms with Crippen molar-refractivity contribution in [3.63, 3.8) is 0 Å². The van der Waals surface area contributed by atoms with E-state index in [1.165, 1.54) is 19.2 Å². The molecule has 0 radical (unpaired) electrons. The van der Waals surface area contributed by atoms with Gasteiger partial charge in [-0.15, -0.1) is 0 Å². The van der Waals surface area contributed by atoms with E-state index in [4.69, 9.17) is 0 Å². The lowest BCUT2D eigenvalue weighted by Crippen LogP contribution is -2.42. The molecule has 0 saturated heterocycles. The summed E-state index contributed by atoms with van der Waals surface area (Å²) in [7, 11) is 0. The third kappa shape index (κ3) is 4.08. The first-order chi connectivity index (χ1) is 12.3. The number of hydrogen-bond donors (Lipinski definition) is 3. The topological polar surface area (TPSA) is 95.6 Å². The SMILES string of the molecule is C[C@H](Nc1ccnc(-c2ccnc3[nH]ccc23)n1)C(=O)NCC(F)(F)F.[HH].[HH].[HH]. The molecule has 0 fully saturated rings. The van der Waals surface area contributed by atoms with Crippen LogP contribution in [0.1, 0.15) is 11.2 Å². The van der Waals surface area contributed by atoms with Crippen molar-refractivity contribution in [1.29, 1.82) is 0 Å². The zero-order valence-electron chi connectivity index (χ0n) is 13.6. The van der Waals surface area contributed by atoms with Crippen molar-refractivity contribution in [2.75, 3.05) is 11.9 Å². The molecule has 3 aromatic rings. The lowest BCUT2D eigenvalue weighted by Gasteiger charge is -2.16. The van der Waals surface area contributed by atoms with Gasteiger partial charge in [-0.2, -0.15) is 13.2 Å². The Bertz CT molecular complexity index is 937. The minimum atomic E-state index is -4.46. The van der Waals surface area contributed by atoms with Crippen LogP contribution in [0, 0.1) is 0 Å². The molecular formula is C16H21F3N6O. The van der Waals surface area contributed by atoms with Crippen molar-refractivity contribution in [3.8, 4) is 11.4 Å². The fourth-order valence-electron chi connectivity index (χ4n) is 2.35. The first-order valence-electron chi connectivity index (χ1n) is 7.70. The van der Waals surface area contributed by atoms with Gasteiger partial charge in [-0.05, 0) is 25.1 Å². The van der Waals surface area contributed by atoms with Crippen LogP contribution in [-0.4, -0.2) is 44.6 Å². The highest BCUT2D eigenvalue weighted by molar-refractivity contribution is 5.91. The van der Waals surface area contributed by atoms with Crippen LogP contribution in [0.4, 0.5) is 19.0 Å². The molecule has 0 bridgehead atoms. The molecule has 0 saturated carbocycles. The molecule has 0 aromatic carbocycles. The van der Waals surface area contributed by atoms with Crippen molar-refractivity contribution < 1.29 is 22.2 Å². The summed E-state index contributed by atoms with van der Waals surface area (Å²) < 4.78 is 36.6. The second-order valence-electron chi connectivity index (χ2n) is 5.56. The average Bonchev–Trinajstić information content (AvgIpc) is 3.07. The number of anilines is 1. The van der Waals surface area contributed by atoms with Gasteiger partial charge in [0.25, 0.3) is 0 Å². The Morgan fingerprint density at radius 3 is 2.81 bits per heavy atom. The maximum atomic E-state index is 12.2. The molecule has 26 heavy (non-hydrogen) atoms. The standard InChI is InChI=1S/C16H15F3N6O.3H2/c1-9(15(26)23-8-16(17,18)19)24-12-4-7-22-14(25-12)11-3-6-21-13-10(11)2-5-20-13;;;/h2-7,9H,8H2,1H3,(H,20,21)(H,23,26)(H,22,24,25);3*1H/t9-;;;/m0.../s1. The second-order valence-corrected chi connectivity index (χ2v) is 5.56. The van der Waals surface area contributed by atoms with Gasteiger partial charge in [-0.25, -0.2) is 15.0 Å². The molecule has 10 heteroatoms. The summed E-state index contributed by atoms with van der Waals surface area (Å²) in [6.07, 6.45) is 0.409. The molecule has 3 N–H and O–H groups in total. The van der Waals surface area contributed by atoms with Crippen LogP contribution in [0.25, 0.3) is 22.4 Å². The smallest absolute Gasteiger partial charge is 0.359 e. The molecule has 0 spiro atoms. The van der Waals surface area contributed by atoms with Crippen LogP contribution in [0.2, 0.25) is 0 Å². The number of aromatic nitrogens is 4. The highest BCUT2D eigenvalue weighted by Gasteiger charge is 2.28. The quantitative estimate of drug-likeness (QED) is 0.641. The van der Waals surface area contributed by atoms with Crippen molar-refractivity contribution in [2.45, 2.75) is 19.1 Å². The summed E-state index contributed by atoms with van der Waals surface area (Å²) in [6.45, 7) is 0.0691. The molecule has 0 aliphatic rings. The number of nitrogens with one attached hydrogen (secondary N) is 3. The van der Waals surface area contributed by atoms with Gasteiger partial charge in [-0.3, -0.25) is 4.79 Å². The predicted molar refractivity (Wildman–Crippen MR) is 95.6 cm³/mol. The Hall–Kier alpha value is -3.17. The Morgan fingerprint density at radius 2 is 2.04 bits per heavy atom. The second kappa shape index (κ2) is 6.98. The predicted octanol–water partition coefficient (Wildman–Crippen LogP) is 3.24. The molecule has 3 heterocycles. The van der Waals surface area contributed by atoms with E-state index < -0.39 is 24.7 Å². The molecule has 1 atom stereocenters.